The van der Waals surface area contributed by atoms with Crippen LogP contribution in [0.4, 0.5) is 0 Å². The fourth-order valence-electron chi connectivity index (χ4n) is 4.84. The lowest BCUT2D eigenvalue weighted by Crippen LogP contribution is -2.38. The van der Waals surface area contributed by atoms with Crippen LogP contribution in [0, 0.1) is 6.92 Å². The summed E-state index contributed by atoms with van der Waals surface area (Å²) in [6.45, 7) is 1.97. The summed E-state index contributed by atoms with van der Waals surface area (Å²) in [6, 6.07) is 14.3. The predicted molar refractivity (Wildman–Crippen MR) is 121 cm³/mol. The van der Waals surface area contributed by atoms with Crippen molar-refractivity contribution in [2.75, 3.05) is 0 Å². The molecule has 3 aromatic rings. The maximum atomic E-state index is 13.6. The highest BCUT2D eigenvalue weighted by atomic mass is 79.9. The Labute approximate surface area is 188 Å². The van der Waals surface area contributed by atoms with Crippen LogP contribution in [0.1, 0.15) is 53.4 Å². The summed E-state index contributed by atoms with van der Waals surface area (Å²) in [5.74, 6) is -1.27. The minimum Gasteiger partial charge on any atom is -0.503 e. The number of ketones is 1. The van der Waals surface area contributed by atoms with Gasteiger partial charge in [-0.25, -0.2) is 0 Å². The van der Waals surface area contributed by atoms with E-state index in [0.29, 0.717) is 5.58 Å². The molecule has 1 N–H and O–H groups in total. The fraction of sp³-hybridized carbons (Fsp3) is 0.280. The van der Waals surface area contributed by atoms with Crippen LogP contribution in [-0.4, -0.2) is 27.7 Å². The van der Waals surface area contributed by atoms with E-state index in [9.17, 15) is 14.7 Å². The quantitative estimate of drug-likeness (QED) is 0.464. The number of Topliss-reactive ketones (excluding diaryl/α,β-unsaturated/α-hetero) is 1. The average molecular weight is 480 g/mol. The first-order valence-corrected chi connectivity index (χ1v) is 11.3. The van der Waals surface area contributed by atoms with Crippen molar-refractivity contribution in [1.82, 2.24) is 4.90 Å². The van der Waals surface area contributed by atoms with E-state index < -0.39 is 23.5 Å². The van der Waals surface area contributed by atoms with Crippen molar-refractivity contribution in [2.45, 2.75) is 44.7 Å². The number of furan rings is 1. The first-order valence-electron chi connectivity index (χ1n) is 10.5. The van der Waals surface area contributed by atoms with Gasteiger partial charge in [0, 0.05) is 15.9 Å². The minimum absolute atomic E-state index is 0.0112. The first-order chi connectivity index (χ1) is 14.9. The molecule has 6 heteroatoms. The van der Waals surface area contributed by atoms with Crippen LogP contribution in [0.25, 0.3) is 11.0 Å². The smallest absolute Gasteiger partial charge is 0.290 e. The lowest BCUT2D eigenvalue weighted by Gasteiger charge is -2.32. The fourth-order valence-corrected chi connectivity index (χ4v) is 5.22. The third kappa shape index (κ3) is 3.39. The summed E-state index contributed by atoms with van der Waals surface area (Å²) >= 11 is 3.43. The molecule has 2 aliphatic rings. The molecule has 158 valence electrons. The van der Waals surface area contributed by atoms with Crippen LogP contribution in [-0.2, 0) is 4.79 Å². The predicted octanol–water partition coefficient (Wildman–Crippen LogP) is 6.02. The highest BCUT2D eigenvalue weighted by molar-refractivity contribution is 9.10. The molecule has 1 aliphatic carbocycles. The minimum atomic E-state index is -0.622. The zero-order chi connectivity index (χ0) is 21.7. The molecule has 5 rings (SSSR count). The van der Waals surface area contributed by atoms with Gasteiger partial charge in [0.2, 0.25) is 5.78 Å². The molecule has 0 saturated heterocycles. The first kappa shape index (κ1) is 20.1. The van der Waals surface area contributed by atoms with Crippen LogP contribution in [0.2, 0.25) is 0 Å². The lowest BCUT2D eigenvalue weighted by atomic mass is 9.93. The second kappa shape index (κ2) is 7.68. The van der Waals surface area contributed by atoms with E-state index in [0.717, 1.165) is 46.7 Å². The van der Waals surface area contributed by atoms with Crippen molar-refractivity contribution >= 4 is 38.6 Å². The van der Waals surface area contributed by atoms with Crippen LogP contribution < -0.4 is 0 Å². The highest BCUT2D eigenvalue weighted by Crippen LogP contribution is 2.43. The number of hydrogen-bond acceptors (Lipinski definition) is 4. The topological polar surface area (TPSA) is 70.7 Å². The van der Waals surface area contributed by atoms with Gasteiger partial charge in [0.1, 0.15) is 5.58 Å². The van der Waals surface area contributed by atoms with Crippen molar-refractivity contribution in [3.05, 3.63) is 81.2 Å². The van der Waals surface area contributed by atoms with Gasteiger partial charge in [-0.3, -0.25) is 9.59 Å². The van der Waals surface area contributed by atoms with E-state index in [-0.39, 0.29) is 17.4 Å². The molecule has 1 aliphatic heterocycles. The van der Waals surface area contributed by atoms with Gasteiger partial charge >= 0.3 is 0 Å². The summed E-state index contributed by atoms with van der Waals surface area (Å²) in [6.07, 6.45) is 3.83. The van der Waals surface area contributed by atoms with Crippen LogP contribution in [0.15, 0.2) is 68.8 Å². The highest BCUT2D eigenvalue weighted by Gasteiger charge is 2.47. The van der Waals surface area contributed by atoms with E-state index in [4.69, 9.17) is 4.42 Å². The monoisotopic (exact) mass is 479 g/mol. The number of benzene rings is 2. The second-order valence-electron chi connectivity index (χ2n) is 8.35. The van der Waals surface area contributed by atoms with Gasteiger partial charge in [0.05, 0.1) is 11.6 Å². The van der Waals surface area contributed by atoms with Gasteiger partial charge in [0.15, 0.2) is 11.5 Å². The SMILES string of the molecule is Cc1cccc(C2C(C(=O)c3cc4cc(Br)ccc4o3)=C(O)C(=O)N2C2CCCC2)c1. The lowest BCUT2D eigenvalue weighted by molar-refractivity contribution is -0.131. The number of fused-ring (bicyclic) bond motifs is 1. The van der Waals surface area contributed by atoms with E-state index in [2.05, 4.69) is 15.9 Å². The Balaban J connectivity index is 1.62. The second-order valence-corrected chi connectivity index (χ2v) is 9.27. The number of rotatable bonds is 4. The number of aliphatic hydroxyl groups is 1. The third-order valence-corrected chi connectivity index (χ3v) is 6.76. The van der Waals surface area contributed by atoms with Crippen LogP contribution in [0.5, 0.6) is 0 Å². The van der Waals surface area contributed by atoms with Gasteiger partial charge in [-0.05, 0) is 49.6 Å². The Bertz CT molecular complexity index is 1240. The zero-order valence-electron chi connectivity index (χ0n) is 17.1. The molecule has 0 bridgehead atoms. The molecule has 0 spiro atoms. The van der Waals surface area contributed by atoms with E-state index >= 15 is 0 Å². The van der Waals surface area contributed by atoms with E-state index in [1.807, 2.05) is 43.3 Å². The van der Waals surface area contributed by atoms with Crippen molar-refractivity contribution in [2.24, 2.45) is 0 Å². The normalized spacial score (nSPS) is 19.7. The number of hydrogen-bond donors (Lipinski definition) is 1. The Morgan fingerprint density at radius 2 is 1.90 bits per heavy atom. The molecule has 1 unspecified atom stereocenters. The molecule has 1 fully saturated rings. The van der Waals surface area contributed by atoms with Gasteiger partial charge in [-0.2, -0.15) is 0 Å². The maximum absolute atomic E-state index is 13.6. The number of amides is 1. The number of carbonyl (C=O) groups excluding carboxylic acids is 2. The molecular formula is C25H22BrNO4. The number of aryl methyl sites for hydroxylation is 1. The number of nitrogens with zero attached hydrogens (tertiary/aromatic N) is 1. The van der Waals surface area contributed by atoms with Crippen molar-refractivity contribution in [1.29, 1.82) is 0 Å². The molecule has 0 radical (unpaired) electrons. The van der Waals surface area contributed by atoms with Gasteiger partial charge < -0.3 is 14.4 Å². The molecule has 2 aromatic carbocycles. The molecule has 31 heavy (non-hydrogen) atoms. The Hall–Kier alpha value is -2.86. The molecule has 1 aromatic heterocycles. The van der Waals surface area contributed by atoms with Gasteiger partial charge in [0.25, 0.3) is 5.91 Å². The molecule has 1 amide bonds. The number of aliphatic hydroxyl groups excluding tert-OH is 1. The van der Waals surface area contributed by atoms with E-state index in [1.54, 1.807) is 17.0 Å². The summed E-state index contributed by atoms with van der Waals surface area (Å²) in [7, 11) is 0. The van der Waals surface area contributed by atoms with Crippen molar-refractivity contribution in [3.63, 3.8) is 0 Å². The summed E-state index contributed by atoms with van der Waals surface area (Å²) in [5.41, 5.74) is 2.53. The summed E-state index contributed by atoms with van der Waals surface area (Å²) in [4.78, 5) is 28.4. The molecule has 1 atom stereocenters. The standard InChI is InChI=1S/C25H22BrNO4/c1-14-5-4-6-15(11-14)22-21(24(29)25(30)27(22)18-7-2-3-8-18)23(28)20-13-16-12-17(26)9-10-19(16)31-20/h4-6,9-13,18,22,29H,2-3,7-8H2,1H3. The maximum Gasteiger partial charge on any atom is 0.290 e. The van der Waals surface area contributed by atoms with Crippen molar-refractivity contribution < 1.29 is 19.1 Å². The number of halogens is 1. The Morgan fingerprint density at radius 1 is 1.13 bits per heavy atom. The van der Waals surface area contributed by atoms with E-state index in [1.165, 1.54) is 0 Å². The molecule has 1 saturated carbocycles. The molecule has 2 heterocycles. The van der Waals surface area contributed by atoms with Crippen LogP contribution >= 0.6 is 15.9 Å². The largest absolute Gasteiger partial charge is 0.503 e. The Morgan fingerprint density at radius 3 is 2.65 bits per heavy atom. The van der Waals surface area contributed by atoms with Gasteiger partial charge in [-0.15, -0.1) is 0 Å². The van der Waals surface area contributed by atoms with Crippen LogP contribution in [0.3, 0.4) is 0 Å². The molecule has 5 nitrogen and oxygen atoms in total. The third-order valence-electron chi connectivity index (χ3n) is 6.27. The zero-order valence-corrected chi connectivity index (χ0v) is 18.7. The average Bonchev–Trinajstić information content (AvgIpc) is 3.46. The van der Waals surface area contributed by atoms with Gasteiger partial charge in [-0.1, -0.05) is 58.6 Å². The molecular weight excluding hydrogens is 458 g/mol. The Kier molecular flexibility index (Phi) is 4.97. The van der Waals surface area contributed by atoms with Crippen molar-refractivity contribution in [3.8, 4) is 0 Å². The summed E-state index contributed by atoms with van der Waals surface area (Å²) in [5, 5.41) is 11.6. The number of carbonyl (C=O) groups is 2. The summed E-state index contributed by atoms with van der Waals surface area (Å²) < 4.78 is 6.68.